The molecule has 2 N–H and O–H groups in total. The molecule has 0 aliphatic heterocycles. The normalized spacial score (nSPS) is 10.7. The fourth-order valence-corrected chi connectivity index (χ4v) is 1.52. The molecular weight excluding hydrogens is 270 g/mol. The molecule has 0 radical (unpaired) electrons. The Morgan fingerprint density at radius 1 is 1.37 bits per heavy atom. The summed E-state index contributed by atoms with van der Waals surface area (Å²) in [5, 5.41) is 0.361. The molecule has 0 aromatic heterocycles. The van der Waals surface area contributed by atoms with Gasteiger partial charge in [0.1, 0.15) is 12.4 Å². The molecular formula is C13H16ClNO4. The highest BCUT2D eigenvalue weighted by Crippen LogP contribution is 2.29. The molecule has 0 heterocycles. The monoisotopic (exact) mass is 285 g/mol. The SMILES string of the molecule is COCCOc1cc(Cl)c(N)c(/C=C/C(=O)OC)c1. The Labute approximate surface area is 116 Å². The van der Waals surface area contributed by atoms with Crippen LogP contribution in [0.1, 0.15) is 5.56 Å². The summed E-state index contributed by atoms with van der Waals surface area (Å²) in [7, 11) is 2.89. The van der Waals surface area contributed by atoms with Gasteiger partial charge in [0.05, 0.1) is 24.4 Å². The lowest BCUT2D eigenvalue weighted by atomic mass is 10.1. The molecule has 0 saturated carbocycles. The number of hydrogen-bond donors (Lipinski definition) is 1. The number of ether oxygens (including phenoxy) is 3. The number of hydrogen-bond acceptors (Lipinski definition) is 5. The van der Waals surface area contributed by atoms with Crippen LogP contribution in [0.3, 0.4) is 0 Å². The fraction of sp³-hybridized carbons (Fsp3) is 0.308. The summed E-state index contributed by atoms with van der Waals surface area (Å²) >= 11 is 5.99. The molecule has 0 bridgehead atoms. The van der Waals surface area contributed by atoms with Crippen LogP contribution in [0.15, 0.2) is 18.2 Å². The van der Waals surface area contributed by atoms with Crippen LogP contribution in [0.2, 0.25) is 5.02 Å². The zero-order chi connectivity index (χ0) is 14.3. The molecule has 1 aromatic carbocycles. The first-order chi connectivity index (χ1) is 9.08. The van der Waals surface area contributed by atoms with Crippen molar-refractivity contribution in [1.29, 1.82) is 0 Å². The summed E-state index contributed by atoms with van der Waals surface area (Å²) in [6, 6.07) is 3.30. The van der Waals surface area contributed by atoms with Crippen molar-refractivity contribution in [2.45, 2.75) is 0 Å². The number of anilines is 1. The van der Waals surface area contributed by atoms with Gasteiger partial charge < -0.3 is 19.9 Å². The number of esters is 1. The number of carbonyl (C=O) groups is 1. The minimum Gasteiger partial charge on any atom is -0.491 e. The van der Waals surface area contributed by atoms with Crippen LogP contribution in [0.5, 0.6) is 5.75 Å². The van der Waals surface area contributed by atoms with E-state index in [9.17, 15) is 4.79 Å². The first-order valence-corrected chi connectivity index (χ1v) is 5.93. The first kappa shape index (κ1) is 15.3. The number of nitrogen functional groups attached to an aromatic ring is 1. The predicted octanol–water partition coefficient (Wildman–Crippen LogP) is 2.13. The van der Waals surface area contributed by atoms with Gasteiger partial charge in [0.2, 0.25) is 0 Å². The van der Waals surface area contributed by atoms with Crippen LogP contribution in [0.4, 0.5) is 5.69 Å². The topological polar surface area (TPSA) is 70.8 Å². The second kappa shape index (κ2) is 7.66. The van der Waals surface area contributed by atoms with Gasteiger partial charge in [0.15, 0.2) is 0 Å². The van der Waals surface area contributed by atoms with E-state index in [-0.39, 0.29) is 0 Å². The molecule has 0 unspecified atom stereocenters. The van der Waals surface area contributed by atoms with Gasteiger partial charge in [-0.1, -0.05) is 11.6 Å². The van der Waals surface area contributed by atoms with Crippen molar-refractivity contribution in [3.05, 3.63) is 28.8 Å². The van der Waals surface area contributed by atoms with Crippen LogP contribution >= 0.6 is 11.6 Å². The van der Waals surface area contributed by atoms with Crippen LogP contribution in [-0.2, 0) is 14.3 Å². The maximum Gasteiger partial charge on any atom is 0.330 e. The minimum absolute atomic E-state index is 0.361. The van der Waals surface area contributed by atoms with Gasteiger partial charge in [0, 0.05) is 24.8 Å². The van der Waals surface area contributed by atoms with Gasteiger partial charge in [0.25, 0.3) is 0 Å². The summed E-state index contributed by atoms with van der Waals surface area (Å²) < 4.78 is 14.8. The lowest BCUT2D eigenvalue weighted by molar-refractivity contribution is -0.134. The standard InChI is InChI=1S/C13H16ClNO4/c1-17-5-6-19-10-7-9(3-4-12(16)18-2)13(15)11(14)8-10/h3-4,7-8H,5-6,15H2,1-2H3/b4-3+. The predicted molar refractivity (Wildman–Crippen MR) is 74.3 cm³/mol. The van der Waals surface area contributed by atoms with E-state index in [1.54, 1.807) is 19.2 Å². The molecule has 0 amide bonds. The van der Waals surface area contributed by atoms with Gasteiger partial charge in [-0.15, -0.1) is 0 Å². The fourth-order valence-electron chi connectivity index (χ4n) is 1.30. The molecule has 6 heteroatoms. The molecule has 104 valence electrons. The zero-order valence-electron chi connectivity index (χ0n) is 10.8. The second-order valence-corrected chi connectivity index (χ2v) is 4.01. The third-order valence-electron chi connectivity index (χ3n) is 2.29. The average molecular weight is 286 g/mol. The van der Waals surface area contributed by atoms with E-state index >= 15 is 0 Å². The van der Waals surface area contributed by atoms with Crippen LogP contribution in [-0.4, -0.2) is 33.4 Å². The zero-order valence-corrected chi connectivity index (χ0v) is 11.6. The van der Waals surface area contributed by atoms with Gasteiger partial charge in [-0.3, -0.25) is 0 Å². The molecule has 1 aromatic rings. The van der Waals surface area contributed by atoms with Crippen molar-refractivity contribution in [3.63, 3.8) is 0 Å². The number of benzene rings is 1. The molecule has 0 fully saturated rings. The molecule has 0 saturated heterocycles. The van der Waals surface area contributed by atoms with Gasteiger partial charge in [-0.25, -0.2) is 4.79 Å². The van der Waals surface area contributed by atoms with Gasteiger partial charge in [-0.05, 0) is 12.1 Å². The second-order valence-electron chi connectivity index (χ2n) is 3.61. The molecule has 1 rings (SSSR count). The highest BCUT2D eigenvalue weighted by atomic mass is 35.5. The van der Waals surface area contributed by atoms with Crippen LogP contribution < -0.4 is 10.5 Å². The van der Waals surface area contributed by atoms with Crippen molar-refractivity contribution < 1.29 is 19.0 Å². The van der Waals surface area contributed by atoms with Crippen molar-refractivity contribution in [3.8, 4) is 5.75 Å². The van der Waals surface area contributed by atoms with Gasteiger partial charge >= 0.3 is 5.97 Å². The smallest absolute Gasteiger partial charge is 0.330 e. The molecule has 0 atom stereocenters. The van der Waals surface area contributed by atoms with E-state index in [2.05, 4.69) is 4.74 Å². The highest BCUT2D eigenvalue weighted by Gasteiger charge is 2.06. The Hall–Kier alpha value is -1.72. The Bertz CT molecular complexity index is 474. The third kappa shape index (κ3) is 4.81. The number of carbonyl (C=O) groups excluding carboxylic acids is 1. The summed E-state index contributed by atoms with van der Waals surface area (Å²) in [4.78, 5) is 11.0. The van der Waals surface area contributed by atoms with E-state index in [1.165, 1.54) is 19.3 Å². The Kier molecular flexibility index (Phi) is 6.18. The van der Waals surface area contributed by atoms with Crippen molar-refractivity contribution in [2.75, 3.05) is 33.2 Å². The molecule has 0 aliphatic carbocycles. The maximum absolute atomic E-state index is 11.0. The Morgan fingerprint density at radius 3 is 2.74 bits per heavy atom. The van der Waals surface area contributed by atoms with Crippen molar-refractivity contribution in [2.24, 2.45) is 0 Å². The van der Waals surface area contributed by atoms with Crippen molar-refractivity contribution >= 4 is 29.3 Å². The first-order valence-electron chi connectivity index (χ1n) is 5.55. The summed E-state index contributed by atoms with van der Waals surface area (Å²) in [5.74, 6) is 0.0852. The van der Waals surface area contributed by atoms with E-state index < -0.39 is 5.97 Å². The summed E-state index contributed by atoms with van der Waals surface area (Å²) in [5.41, 5.74) is 6.78. The lowest BCUT2D eigenvalue weighted by Gasteiger charge is -2.09. The number of nitrogens with two attached hydrogens (primary N) is 1. The third-order valence-corrected chi connectivity index (χ3v) is 2.60. The quantitative estimate of drug-likeness (QED) is 0.375. The van der Waals surface area contributed by atoms with Crippen LogP contribution in [0, 0.1) is 0 Å². The average Bonchev–Trinajstić information content (AvgIpc) is 2.40. The van der Waals surface area contributed by atoms with Crippen LogP contribution in [0.25, 0.3) is 6.08 Å². The largest absolute Gasteiger partial charge is 0.491 e. The summed E-state index contributed by atoms with van der Waals surface area (Å²) in [6.07, 6.45) is 2.79. The van der Waals surface area contributed by atoms with Crippen molar-refractivity contribution in [1.82, 2.24) is 0 Å². The lowest BCUT2D eigenvalue weighted by Crippen LogP contribution is -2.05. The van der Waals surface area contributed by atoms with E-state index in [1.807, 2.05) is 0 Å². The molecule has 0 spiro atoms. The highest BCUT2D eigenvalue weighted by molar-refractivity contribution is 6.33. The van der Waals surface area contributed by atoms with Gasteiger partial charge in [-0.2, -0.15) is 0 Å². The number of rotatable bonds is 6. The minimum atomic E-state index is -0.471. The molecule has 19 heavy (non-hydrogen) atoms. The summed E-state index contributed by atoms with van der Waals surface area (Å²) in [6.45, 7) is 0.867. The number of halogens is 1. The van der Waals surface area contributed by atoms with E-state index in [0.717, 1.165) is 0 Å². The van der Waals surface area contributed by atoms with E-state index in [0.29, 0.717) is 35.2 Å². The number of methoxy groups -OCH3 is 2. The Balaban J connectivity index is 2.90. The Morgan fingerprint density at radius 2 is 2.11 bits per heavy atom. The molecule has 5 nitrogen and oxygen atoms in total. The van der Waals surface area contributed by atoms with E-state index in [4.69, 9.17) is 26.8 Å². The molecule has 0 aliphatic rings. The maximum atomic E-state index is 11.0.